The van der Waals surface area contributed by atoms with Gasteiger partial charge in [-0.15, -0.1) is 0 Å². The van der Waals surface area contributed by atoms with E-state index in [1.54, 1.807) is 0 Å². The third-order valence-corrected chi connectivity index (χ3v) is 4.95. The Labute approximate surface area is 123 Å². The Hall–Kier alpha value is -0.860. The minimum absolute atomic E-state index is 0.349. The molecule has 1 aliphatic rings. The van der Waals surface area contributed by atoms with Crippen LogP contribution in [0.1, 0.15) is 45.6 Å². The van der Waals surface area contributed by atoms with Gasteiger partial charge in [0, 0.05) is 19.6 Å². The molecule has 0 radical (unpaired) electrons. The molecule has 20 heavy (non-hydrogen) atoms. The molecular weight excluding hydrogens is 246 g/mol. The Morgan fingerprint density at radius 2 is 1.75 bits per heavy atom. The van der Waals surface area contributed by atoms with Gasteiger partial charge in [-0.3, -0.25) is 4.90 Å². The van der Waals surface area contributed by atoms with E-state index in [1.807, 2.05) is 0 Å². The van der Waals surface area contributed by atoms with E-state index in [1.165, 1.54) is 5.56 Å². The van der Waals surface area contributed by atoms with Crippen molar-refractivity contribution in [3.63, 3.8) is 0 Å². The maximum Gasteiger partial charge on any atom is 0.0722 e. The highest BCUT2D eigenvalue weighted by atomic mass is 16.3. The first-order valence-corrected chi connectivity index (χ1v) is 8.05. The SMILES string of the molecule is CCCC[C@@]1(O)[C@H](C)CN(Cc2ccccc2)C[C@@H]1C. The lowest BCUT2D eigenvalue weighted by Gasteiger charge is -2.48. The van der Waals surface area contributed by atoms with Crippen LogP contribution in [0.4, 0.5) is 0 Å². The highest BCUT2D eigenvalue weighted by Gasteiger charge is 2.43. The quantitative estimate of drug-likeness (QED) is 0.886. The summed E-state index contributed by atoms with van der Waals surface area (Å²) in [5, 5.41) is 11.0. The predicted molar refractivity (Wildman–Crippen MR) is 84.5 cm³/mol. The van der Waals surface area contributed by atoms with Crippen molar-refractivity contribution in [3.8, 4) is 0 Å². The second kappa shape index (κ2) is 6.73. The highest BCUT2D eigenvalue weighted by molar-refractivity contribution is 5.14. The van der Waals surface area contributed by atoms with Gasteiger partial charge in [0.15, 0.2) is 0 Å². The van der Waals surface area contributed by atoms with Crippen molar-refractivity contribution in [2.45, 2.75) is 52.2 Å². The average molecular weight is 275 g/mol. The zero-order valence-corrected chi connectivity index (χ0v) is 13.2. The van der Waals surface area contributed by atoms with Crippen molar-refractivity contribution in [2.75, 3.05) is 13.1 Å². The lowest BCUT2D eigenvalue weighted by Crippen LogP contribution is -2.56. The van der Waals surface area contributed by atoms with Crippen LogP contribution in [0, 0.1) is 11.8 Å². The van der Waals surface area contributed by atoms with Gasteiger partial charge >= 0.3 is 0 Å². The molecule has 0 saturated carbocycles. The molecule has 112 valence electrons. The molecule has 2 heteroatoms. The van der Waals surface area contributed by atoms with Crippen molar-refractivity contribution in [3.05, 3.63) is 35.9 Å². The van der Waals surface area contributed by atoms with Crippen LogP contribution in [0.15, 0.2) is 30.3 Å². The first-order chi connectivity index (χ1) is 9.56. The highest BCUT2D eigenvalue weighted by Crippen LogP contribution is 2.37. The summed E-state index contributed by atoms with van der Waals surface area (Å²) in [6, 6.07) is 10.6. The number of likely N-dealkylation sites (tertiary alicyclic amines) is 1. The fraction of sp³-hybridized carbons (Fsp3) is 0.667. The standard InChI is InChI=1S/C18H29NO/c1-4-5-11-18(20)15(2)12-19(13-16(18)3)14-17-9-7-6-8-10-17/h6-10,15-16,20H,4-5,11-14H2,1-3H3/t15-,16+,18-. The second-order valence-electron chi connectivity index (χ2n) is 6.58. The van der Waals surface area contributed by atoms with E-state index in [9.17, 15) is 5.11 Å². The van der Waals surface area contributed by atoms with Crippen LogP contribution in [0.5, 0.6) is 0 Å². The van der Waals surface area contributed by atoms with Crippen LogP contribution >= 0.6 is 0 Å². The Morgan fingerprint density at radius 1 is 1.15 bits per heavy atom. The molecule has 0 unspecified atom stereocenters. The largest absolute Gasteiger partial charge is 0.389 e. The van der Waals surface area contributed by atoms with Crippen molar-refractivity contribution in [1.29, 1.82) is 0 Å². The van der Waals surface area contributed by atoms with E-state index in [4.69, 9.17) is 0 Å². The summed E-state index contributed by atoms with van der Waals surface area (Å²) in [6.45, 7) is 9.62. The van der Waals surface area contributed by atoms with E-state index in [2.05, 4.69) is 56.0 Å². The fourth-order valence-corrected chi connectivity index (χ4v) is 3.57. The van der Waals surface area contributed by atoms with Crippen LogP contribution in [0.3, 0.4) is 0 Å². The van der Waals surface area contributed by atoms with Gasteiger partial charge in [0.05, 0.1) is 5.60 Å². The summed E-state index contributed by atoms with van der Waals surface area (Å²) < 4.78 is 0. The molecule has 0 spiro atoms. The Bertz CT molecular complexity index is 391. The molecule has 2 rings (SSSR count). The molecule has 1 fully saturated rings. The first-order valence-electron chi connectivity index (χ1n) is 8.05. The zero-order chi connectivity index (χ0) is 14.6. The van der Waals surface area contributed by atoms with Crippen molar-refractivity contribution >= 4 is 0 Å². The van der Waals surface area contributed by atoms with Crippen LogP contribution in [0.2, 0.25) is 0 Å². The molecule has 0 amide bonds. The lowest BCUT2D eigenvalue weighted by atomic mass is 9.72. The van der Waals surface area contributed by atoms with Crippen molar-refractivity contribution in [2.24, 2.45) is 11.8 Å². The number of benzene rings is 1. The molecule has 1 saturated heterocycles. The van der Waals surface area contributed by atoms with E-state index in [-0.39, 0.29) is 0 Å². The van der Waals surface area contributed by atoms with Crippen LogP contribution in [-0.4, -0.2) is 28.7 Å². The first kappa shape index (κ1) is 15.5. The zero-order valence-electron chi connectivity index (χ0n) is 13.2. The van der Waals surface area contributed by atoms with Crippen LogP contribution in [-0.2, 0) is 6.54 Å². The molecule has 0 aromatic heterocycles. The maximum atomic E-state index is 11.0. The third-order valence-electron chi connectivity index (χ3n) is 4.95. The Morgan fingerprint density at radius 3 is 2.30 bits per heavy atom. The third kappa shape index (κ3) is 3.42. The van der Waals surface area contributed by atoms with Crippen molar-refractivity contribution < 1.29 is 5.11 Å². The molecule has 1 N–H and O–H groups in total. The summed E-state index contributed by atoms with van der Waals surface area (Å²) in [6.07, 6.45) is 3.24. The Kier molecular flexibility index (Phi) is 5.22. The molecule has 0 aliphatic carbocycles. The number of hydrogen-bond donors (Lipinski definition) is 1. The topological polar surface area (TPSA) is 23.5 Å². The molecule has 1 heterocycles. The smallest absolute Gasteiger partial charge is 0.0722 e. The summed E-state index contributed by atoms with van der Waals surface area (Å²) >= 11 is 0. The number of rotatable bonds is 5. The fourth-order valence-electron chi connectivity index (χ4n) is 3.57. The number of unbranched alkanes of at least 4 members (excludes halogenated alkanes) is 1. The van der Waals surface area contributed by atoms with Gasteiger partial charge in [0.25, 0.3) is 0 Å². The van der Waals surface area contributed by atoms with Gasteiger partial charge in [-0.25, -0.2) is 0 Å². The van der Waals surface area contributed by atoms with E-state index in [0.717, 1.165) is 38.9 Å². The summed E-state index contributed by atoms with van der Waals surface area (Å²) in [4.78, 5) is 2.49. The van der Waals surface area contributed by atoms with Gasteiger partial charge in [-0.1, -0.05) is 63.9 Å². The van der Waals surface area contributed by atoms with Crippen molar-refractivity contribution in [1.82, 2.24) is 4.90 Å². The molecule has 1 aromatic rings. The van der Waals surface area contributed by atoms with E-state index in [0.29, 0.717) is 11.8 Å². The van der Waals surface area contributed by atoms with Gasteiger partial charge in [0.1, 0.15) is 0 Å². The normalized spacial score (nSPS) is 31.4. The van der Waals surface area contributed by atoms with Gasteiger partial charge < -0.3 is 5.11 Å². The predicted octanol–water partition coefficient (Wildman–Crippen LogP) is 3.70. The molecule has 3 atom stereocenters. The average Bonchev–Trinajstić information content (AvgIpc) is 2.44. The van der Waals surface area contributed by atoms with E-state index < -0.39 is 5.60 Å². The number of aliphatic hydroxyl groups is 1. The molecule has 1 aromatic carbocycles. The molecule has 2 nitrogen and oxygen atoms in total. The molecular formula is C18H29NO. The van der Waals surface area contributed by atoms with Crippen LogP contribution in [0.25, 0.3) is 0 Å². The minimum atomic E-state index is -0.469. The molecule has 1 aliphatic heterocycles. The number of nitrogens with zero attached hydrogens (tertiary/aromatic N) is 1. The Balaban J connectivity index is 1.98. The molecule has 0 bridgehead atoms. The summed E-state index contributed by atoms with van der Waals surface area (Å²) in [7, 11) is 0. The maximum absolute atomic E-state index is 11.0. The van der Waals surface area contributed by atoms with Gasteiger partial charge in [-0.05, 0) is 23.8 Å². The minimum Gasteiger partial charge on any atom is -0.389 e. The van der Waals surface area contributed by atoms with Gasteiger partial charge in [-0.2, -0.15) is 0 Å². The van der Waals surface area contributed by atoms with E-state index >= 15 is 0 Å². The number of hydrogen-bond acceptors (Lipinski definition) is 2. The summed E-state index contributed by atoms with van der Waals surface area (Å²) in [5.74, 6) is 0.697. The van der Waals surface area contributed by atoms with Gasteiger partial charge in [0.2, 0.25) is 0 Å². The lowest BCUT2D eigenvalue weighted by molar-refractivity contribution is -0.113. The monoisotopic (exact) mass is 275 g/mol. The van der Waals surface area contributed by atoms with Crippen LogP contribution < -0.4 is 0 Å². The number of piperidine rings is 1. The summed E-state index contributed by atoms with van der Waals surface area (Å²) in [5.41, 5.74) is 0.898. The second-order valence-corrected chi connectivity index (χ2v) is 6.58.